The Balaban J connectivity index is 1.79. The summed E-state index contributed by atoms with van der Waals surface area (Å²) in [4.78, 5) is 51.3. The zero-order valence-corrected chi connectivity index (χ0v) is 22.8. The number of nitrogens with one attached hydrogen (secondary N) is 4. The molecule has 0 saturated carbocycles. The highest BCUT2D eigenvalue weighted by Crippen LogP contribution is 2.46. The van der Waals surface area contributed by atoms with Gasteiger partial charge in [-0.2, -0.15) is 17.9 Å². The summed E-state index contributed by atoms with van der Waals surface area (Å²) in [7, 11) is -2.49. The summed E-state index contributed by atoms with van der Waals surface area (Å²) in [6.07, 6.45) is -5.71. The van der Waals surface area contributed by atoms with Crippen LogP contribution in [0.5, 0.6) is 11.5 Å². The number of hydrogen-bond acceptors (Lipinski definition) is 11. The lowest BCUT2D eigenvalue weighted by Crippen LogP contribution is -2.61. The number of carbonyl (C=O) groups is 2. The second-order valence-corrected chi connectivity index (χ2v) is 11.3. The number of aromatic amines is 1. The number of ether oxygens (including phenoxy) is 2. The van der Waals surface area contributed by atoms with E-state index in [0.717, 1.165) is 6.92 Å². The fourth-order valence-electron chi connectivity index (χ4n) is 4.04. The van der Waals surface area contributed by atoms with Gasteiger partial charge in [-0.15, -0.1) is 10.2 Å². The monoisotopic (exact) mass is 619 g/mol. The highest BCUT2D eigenvalue weighted by molar-refractivity contribution is 7.91. The van der Waals surface area contributed by atoms with Crippen molar-refractivity contribution in [2.75, 3.05) is 24.9 Å². The Hall–Kier alpha value is -4.30. The maximum atomic E-state index is 14.6. The molecule has 0 radical (unpaired) electrons. The molecule has 4 N–H and O–H groups in total. The summed E-state index contributed by atoms with van der Waals surface area (Å²) in [6.45, 7) is 0.730. The smallest absolute Gasteiger partial charge is 0.421 e. The molecule has 1 aromatic carbocycles. The minimum atomic E-state index is -5.72. The number of halogens is 3. The third-order valence-corrected chi connectivity index (χ3v) is 8.51. The first-order valence-electron chi connectivity index (χ1n) is 11.3. The zero-order chi connectivity index (χ0) is 30.3. The predicted octanol–water partition coefficient (Wildman–Crippen LogP) is 0.295. The second kappa shape index (κ2) is 10.6. The molecule has 1 aliphatic heterocycles. The van der Waals surface area contributed by atoms with E-state index in [0.29, 0.717) is 21.6 Å². The first-order chi connectivity index (χ1) is 19.1. The lowest BCUT2D eigenvalue weighted by Gasteiger charge is -2.29. The van der Waals surface area contributed by atoms with E-state index in [-0.39, 0.29) is 29.4 Å². The van der Waals surface area contributed by atoms with Crippen LogP contribution in [-0.4, -0.2) is 60.4 Å². The van der Waals surface area contributed by atoms with Gasteiger partial charge < -0.3 is 20.1 Å². The number of rotatable bonds is 9. The third kappa shape index (κ3) is 5.27. The van der Waals surface area contributed by atoms with E-state index in [1.54, 1.807) is 23.2 Å². The van der Waals surface area contributed by atoms with Gasteiger partial charge in [0, 0.05) is 13.5 Å². The van der Waals surface area contributed by atoms with Gasteiger partial charge in [-0.3, -0.25) is 23.9 Å². The number of hydrogen-bond donors (Lipinski definition) is 4. The summed E-state index contributed by atoms with van der Waals surface area (Å²) in [6, 6.07) is 4.71. The molecule has 220 valence electrons. The molecule has 0 aliphatic carbocycles. The molecule has 15 nitrogen and oxygen atoms in total. The molecule has 20 heteroatoms. The molecule has 0 bridgehead atoms. The predicted molar refractivity (Wildman–Crippen MR) is 135 cm³/mol. The number of nitrogens with zero attached hydrogens (tertiary/aromatic N) is 3. The van der Waals surface area contributed by atoms with Crippen molar-refractivity contribution >= 4 is 44.1 Å². The van der Waals surface area contributed by atoms with E-state index in [9.17, 15) is 40.8 Å². The van der Waals surface area contributed by atoms with Gasteiger partial charge in [0.15, 0.2) is 11.5 Å². The van der Waals surface area contributed by atoms with Crippen LogP contribution in [0.1, 0.15) is 18.1 Å². The number of benzene rings is 1. The number of carbonyl (C=O) groups excluding carboxylic acids is 2. The Morgan fingerprint density at radius 1 is 1.15 bits per heavy atom. The van der Waals surface area contributed by atoms with E-state index in [1.807, 2.05) is 5.32 Å². The number of alkyl halides is 3. The summed E-state index contributed by atoms with van der Waals surface area (Å²) in [5.74, 6) is -2.76. The first-order valence-corrected chi connectivity index (χ1v) is 13.6. The van der Waals surface area contributed by atoms with Crippen LogP contribution in [0.25, 0.3) is 0 Å². The Labute approximate surface area is 231 Å². The minimum absolute atomic E-state index is 0.00999. The van der Waals surface area contributed by atoms with Crippen molar-refractivity contribution in [1.82, 2.24) is 24.5 Å². The van der Waals surface area contributed by atoms with Gasteiger partial charge in [-0.25, -0.2) is 13.2 Å². The summed E-state index contributed by atoms with van der Waals surface area (Å²) >= 11 is 0.200. The van der Waals surface area contributed by atoms with Crippen LogP contribution < -0.4 is 36.1 Å². The van der Waals surface area contributed by atoms with Crippen LogP contribution in [0.4, 0.5) is 24.1 Å². The molecule has 0 saturated heterocycles. The second-order valence-electron chi connectivity index (χ2n) is 8.44. The van der Waals surface area contributed by atoms with E-state index in [1.165, 1.54) is 18.9 Å². The highest BCUT2D eigenvalue weighted by Gasteiger charge is 2.69. The maximum absolute atomic E-state index is 14.6. The van der Waals surface area contributed by atoms with Crippen molar-refractivity contribution in [3.05, 3.63) is 50.2 Å². The van der Waals surface area contributed by atoms with E-state index in [4.69, 9.17) is 9.47 Å². The first kappa shape index (κ1) is 29.7. The maximum Gasteiger partial charge on any atom is 0.421 e. The number of aromatic nitrogens is 4. The van der Waals surface area contributed by atoms with Crippen LogP contribution in [0, 0.1) is 0 Å². The van der Waals surface area contributed by atoms with Crippen LogP contribution in [0.15, 0.2) is 32.1 Å². The van der Waals surface area contributed by atoms with Crippen molar-refractivity contribution in [1.29, 1.82) is 0 Å². The number of aryl methyl sites for hydroxylation is 1. The Morgan fingerprint density at radius 3 is 2.44 bits per heavy atom. The van der Waals surface area contributed by atoms with Gasteiger partial charge >= 0.3 is 11.9 Å². The van der Waals surface area contributed by atoms with Gasteiger partial charge in [0.2, 0.25) is 20.9 Å². The van der Waals surface area contributed by atoms with Crippen molar-refractivity contribution in [2.24, 2.45) is 0 Å². The minimum Gasteiger partial charge on any atom is -0.493 e. The van der Waals surface area contributed by atoms with E-state index >= 15 is 0 Å². The van der Waals surface area contributed by atoms with Crippen molar-refractivity contribution in [2.45, 2.75) is 35.9 Å². The Kier molecular flexibility index (Phi) is 7.67. The van der Waals surface area contributed by atoms with Gasteiger partial charge in [0.1, 0.15) is 5.82 Å². The van der Waals surface area contributed by atoms with E-state index < -0.39 is 60.5 Å². The van der Waals surface area contributed by atoms with Gasteiger partial charge in [0.25, 0.3) is 21.5 Å². The van der Waals surface area contributed by atoms with Crippen LogP contribution >= 0.6 is 11.3 Å². The molecule has 2 amide bonds. The molecule has 3 heterocycles. The lowest BCUT2D eigenvalue weighted by molar-refractivity contribution is -0.194. The molecule has 0 spiro atoms. The third-order valence-electron chi connectivity index (χ3n) is 5.85. The fourth-order valence-corrected chi connectivity index (χ4v) is 6.32. The lowest BCUT2D eigenvalue weighted by atomic mass is 9.93. The fraction of sp³-hybridized carbons (Fsp3) is 0.333. The van der Waals surface area contributed by atoms with Crippen LogP contribution in [0.2, 0.25) is 0 Å². The quantitative estimate of drug-likeness (QED) is 0.241. The summed E-state index contributed by atoms with van der Waals surface area (Å²) < 4.78 is 81.1. The van der Waals surface area contributed by atoms with E-state index in [2.05, 4.69) is 15.5 Å². The van der Waals surface area contributed by atoms with Crippen molar-refractivity contribution in [3.63, 3.8) is 0 Å². The zero-order valence-electron chi connectivity index (χ0n) is 21.2. The van der Waals surface area contributed by atoms with Gasteiger partial charge in [0.05, 0.1) is 19.8 Å². The molecule has 0 fully saturated rings. The van der Waals surface area contributed by atoms with Gasteiger partial charge in [-0.1, -0.05) is 17.4 Å². The SMILES string of the molecule is COc1ccc(CCn2c3c(c(=O)[nH]c2=O)[C@](NS(=O)(=O)c2nnc(NC(C)=O)s2)(C(F)(F)F)C(=O)N3)cc1OC. The number of amides is 2. The molecular weight excluding hydrogens is 599 g/mol. The standard InChI is InChI=1S/C21H20F3N7O8S2/c1-9(32)25-17-28-29-19(40-17)41(36,37)30-20(21(22,23)24)13-14(26-16(20)34)31(18(35)27-15(13)33)7-6-10-4-5-11(38-2)12(8-10)39-3/h4-5,8,30H,6-7H2,1-3H3,(H,26,34)(H,25,28,32)(H,27,33,35)/t20-/m1/s1. The largest absolute Gasteiger partial charge is 0.493 e. The van der Waals surface area contributed by atoms with Crippen molar-refractivity contribution in [3.8, 4) is 11.5 Å². The number of H-pyrrole nitrogens is 1. The molecule has 3 aromatic rings. The number of methoxy groups -OCH3 is 2. The molecule has 0 unspecified atom stereocenters. The number of sulfonamides is 1. The summed E-state index contributed by atoms with van der Waals surface area (Å²) in [5, 5.41) is 10.3. The van der Waals surface area contributed by atoms with Crippen LogP contribution in [0.3, 0.4) is 0 Å². The van der Waals surface area contributed by atoms with Crippen LogP contribution in [-0.2, 0) is 38.1 Å². The molecule has 2 aromatic heterocycles. The normalized spacial score (nSPS) is 16.7. The molecular formula is C21H20F3N7O8S2. The highest BCUT2D eigenvalue weighted by atomic mass is 32.2. The average molecular weight is 620 g/mol. The molecule has 41 heavy (non-hydrogen) atoms. The average Bonchev–Trinajstić information content (AvgIpc) is 3.46. The molecule has 4 rings (SSSR count). The number of anilines is 2. The summed E-state index contributed by atoms with van der Waals surface area (Å²) in [5.41, 5.74) is -7.79. The van der Waals surface area contributed by atoms with Crippen molar-refractivity contribution < 1.29 is 40.7 Å². The topological polar surface area (TPSA) is 203 Å². The molecule has 1 aliphatic rings. The van der Waals surface area contributed by atoms with Gasteiger partial charge in [-0.05, 0) is 24.1 Å². The molecule has 1 atom stereocenters. The Morgan fingerprint density at radius 2 is 1.83 bits per heavy atom. The number of fused-ring (bicyclic) bond motifs is 1. The Bertz CT molecular complexity index is 1770.